The maximum atomic E-state index is 10.9. The summed E-state index contributed by atoms with van der Waals surface area (Å²) in [6, 6.07) is 6.40. The minimum absolute atomic E-state index is 0.0343. The third kappa shape index (κ3) is 2.77. The van der Waals surface area contributed by atoms with Crippen molar-refractivity contribution in [2.45, 2.75) is 25.7 Å². The van der Waals surface area contributed by atoms with Crippen molar-refractivity contribution < 1.29 is 4.92 Å². The summed E-state index contributed by atoms with van der Waals surface area (Å²) in [7, 11) is 0. The first kappa shape index (κ1) is 12.4. The Balaban J connectivity index is 2.13. The van der Waals surface area contributed by atoms with Crippen molar-refractivity contribution in [3.63, 3.8) is 0 Å². The summed E-state index contributed by atoms with van der Waals surface area (Å²) in [5, 5.41) is 22.8. The first-order chi connectivity index (χ1) is 8.70. The first-order valence-corrected chi connectivity index (χ1v) is 6.13. The van der Waals surface area contributed by atoms with Gasteiger partial charge in [0.05, 0.1) is 16.6 Å². The molecule has 5 nitrogen and oxygen atoms in total. The van der Waals surface area contributed by atoms with E-state index in [1.54, 1.807) is 6.07 Å². The van der Waals surface area contributed by atoms with E-state index in [0.717, 1.165) is 6.54 Å². The molecule has 1 N–H and O–H groups in total. The molecule has 2 rings (SSSR count). The molecule has 0 heterocycles. The van der Waals surface area contributed by atoms with Crippen molar-refractivity contribution in [3.8, 4) is 6.07 Å². The number of anilines is 1. The van der Waals surface area contributed by atoms with Gasteiger partial charge in [-0.2, -0.15) is 5.26 Å². The molecule has 0 spiro atoms. The molecular weight excluding hydrogens is 230 g/mol. The van der Waals surface area contributed by atoms with E-state index in [2.05, 4.69) is 5.32 Å². The van der Waals surface area contributed by atoms with Crippen LogP contribution in [0.25, 0.3) is 0 Å². The Labute approximate surface area is 106 Å². The predicted molar refractivity (Wildman–Crippen MR) is 68.3 cm³/mol. The van der Waals surface area contributed by atoms with Crippen molar-refractivity contribution in [3.05, 3.63) is 33.9 Å². The highest BCUT2D eigenvalue weighted by atomic mass is 16.6. The lowest BCUT2D eigenvalue weighted by atomic mass is 10.1. The number of nitrogens with zero attached hydrogens (tertiary/aromatic N) is 2. The lowest BCUT2D eigenvalue weighted by Crippen LogP contribution is -2.12. The zero-order valence-electron chi connectivity index (χ0n) is 10.1. The van der Waals surface area contributed by atoms with Crippen LogP contribution >= 0.6 is 0 Å². The molecule has 0 unspecified atom stereocenters. The highest BCUT2D eigenvalue weighted by molar-refractivity contribution is 5.64. The van der Waals surface area contributed by atoms with Crippen LogP contribution < -0.4 is 5.32 Å². The summed E-state index contributed by atoms with van der Waals surface area (Å²) in [5.74, 6) is 0.593. The van der Waals surface area contributed by atoms with Crippen LogP contribution in [0.15, 0.2) is 18.2 Å². The van der Waals surface area contributed by atoms with E-state index >= 15 is 0 Å². The van der Waals surface area contributed by atoms with Gasteiger partial charge in [-0.15, -0.1) is 0 Å². The Bertz CT molecular complexity index is 487. The highest BCUT2D eigenvalue weighted by Crippen LogP contribution is 2.28. The van der Waals surface area contributed by atoms with Crippen LogP contribution in [-0.2, 0) is 0 Å². The van der Waals surface area contributed by atoms with E-state index in [0.29, 0.717) is 17.2 Å². The fraction of sp³-hybridized carbons (Fsp3) is 0.462. The zero-order valence-corrected chi connectivity index (χ0v) is 10.1. The molecule has 0 amide bonds. The third-order valence-corrected chi connectivity index (χ3v) is 3.38. The standard InChI is InChI=1S/C13H15N3O2/c14-8-11-5-6-13(16(17)18)12(7-11)15-9-10-3-1-2-4-10/h5-7,10,15H,1-4,9H2. The summed E-state index contributed by atoms with van der Waals surface area (Å²) in [6.45, 7) is 0.746. The van der Waals surface area contributed by atoms with Gasteiger partial charge in [-0.3, -0.25) is 10.1 Å². The van der Waals surface area contributed by atoms with Gasteiger partial charge in [-0.05, 0) is 30.9 Å². The number of nitro groups is 1. The Morgan fingerprint density at radius 1 is 1.44 bits per heavy atom. The molecule has 1 aromatic carbocycles. The van der Waals surface area contributed by atoms with Crippen molar-refractivity contribution >= 4 is 11.4 Å². The molecular formula is C13H15N3O2. The lowest BCUT2D eigenvalue weighted by Gasteiger charge is -2.12. The predicted octanol–water partition coefficient (Wildman–Crippen LogP) is 3.07. The molecule has 1 aliphatic rings. The fourth-order valence-corrected chi connectivity index (χ4v) is 2.38. The molecule has 5 heteroatoms. The summed E-state index contributed by atoms with van der Waals surface area (Å²) >= 11 is 0. The van der Waals surface area contributed by atoms with Crippen LogP contribution in [0.1, 0.15) is 31.2 Å². The summed E-state index contributed by atoms with van der Waals surface area (Å²) in [6.07, 6.45) is 4.84. The van der Waals surface area contributed by atoms with Crippen molar-refractivity contribution in [1.82, 2.24) is 0 Å². The topological polar surface area (TPSA) is 79.0 Å². The molecule has 0 aliphatic heterocycles. The van der Waals surface area contributed by atoms with E-state index in [4.69, 9.17) is 5.26 Å². The number of hydrogen-bond donors (Lipinski definition) is 1. The normalized spacial score (nSPS) is 15.3. The van der Waals surface area contributed by atoms with Crippen LogP contribution in [0, 0.1) is 27.4 Å². The Hall–Kier alpha value is -2.09. The molecule has 94 valence electrons. The summed E-state index contributed by atoms with van der Waals surface area (Å²) < 4.78 is 0. The SMILES string of the molecule is N#Cc1ccc([N+](=O)[O-])c(NCC2CCCC2)c1. The van der Waals surface area contributed by atoms with Gasteiger partial charge < -0.3 is 5.32 Å². The highest BCUT2D eigenvalue weighted by Gasteiger charge is 2.18. The van der Waals surface area contributed by atoms with Crippen molar-refractivity contribution in [1.29, 1.82) is 5.26 Å². The molecule has 1 aromatic rings. The van der Waals surface area contributed by atoms with E-state index in [1.165, 1.54) is 37.8 Å². The van der Waals surface area contributed by atoms with Gasteiger partial charge in [0.25, 0.3) is 5.69 Å². The largest absolute Gasteiger partial charge is 0.379 e. The lowest BCUT2D eigenvalue weighted by molar-refractivity contribution is -0.384. The molecule has 0 atom stereocenters. The number of nitrogens with one attached hydrogen (secondary N) is 1. The smallest absolute Gasteiger partial charge is 0.292 e. The maximum absolute atomic E-state index is 10.9. The number of benzene rings is 1. The Morgan fingerprint density at radius 3 is 2.78 bits per heavy atom. The number of rotatable bonds is 4. The summed E-state index contributed by atoms with van der Waals surface area (Å²) in [4.78, 5) is 10.5. The summed E-state index contributed by atoms with van der Waals surface area (Å²) in [5.41, 5.74) is 0.924. The monoisotopic (exact) mass is 245 g/mol. The van der Waals surface area contributed by atoms with Gasteiger partial charge >= 0.3 is 0 Å². The van der Waals surface area contributed by atoms with Crippen LogP contribution in [0.4, 0.5) is 11.4 Å². The average molecular weight is 245 g/mol. The molecule has 1 saturated carbocycles. The number of nitriles is 1. The molecule has 1 fully saturated rings. The van der Waals surface area contributed by atoms with E-state index < -0.39 is 4.92 Å². The van der Waals surface area contributed by atoms with E-state index in [9.17, 15) is 10.1 Å². The van der Waals surface area contributed by atoms with Crippen LogP contribution in [0.2, 0.25) is 0 Å². The Kier molecular flexibility index (Phi) is 3.78. The van der Waals surface area contributed by atoms with Gasteiger partial charge in [0.15, 0.2) is 0 Å². The number of hydrogen-bond acceptors (Lipinski definition) is 4. The second kappa shape index (κ2) is 5.50. The van der Waals surface area contributed by atoms with Crippen molar-refractivity contribution in [2.24, 2.45) is 5.92 Å². The van der Waals surface area contributed by atoms with Crippen LogP contribution in [0.5, 0.6) is 0 Å². The minimum Gasteiger partial charge on any atom is -0.379 e. The van der Waals surface area contributed by atoms with Gasteiger partial charge in [0.2, 0.25) is 0 Å². The van der Waals surface area contributed by atoms with Gasteiger partial charge in [0, 0.05) is 12.6 Å². The van der Waals surface area contributed by atoms with E-state index in [1.807, 2.05) is 6.07 Å². The maximum Gasteiger partial charge on any atom is 0.292 e. The van der Waals surface area contributed by atoms with Gasteiger partial charge in [-0.25, -0.2) is 0 Å². The van der Waals surface area contributed by atoms with Crippen LogP contribution in [0.3, 0.4) is 0 Å². The molecule has 0 saturated heterocycles. The molecule has 0 radical (unpaired) electrons. The molecule has 18 heavy (non-hydrogen) atoms. The third-order valence-electron chi connectivity index (χ3n) is 3.38. The average Bonchev–Trinajstić information content (AvgIpc) is 2.88. The molecule has 0 bridgehead atoms. The van der Waals surface area contributed by atoms with Crippen LogP contribution in [-0.4, -0.2) is 11.5 Å². The van der Waals surface area contributed by atoms with Gasteiger partial charge in [-0.1, -0.05) is 12.8 Å². The minimum atomic E-state index is -0.419. The second-order valence-electron chi connectivity index (χ2n) is 4.63. The Morgan fingerprint density at radius 2 is 2.17 bits per heavy atom. The first-order valence-electron chi connectivity index (χ1n) is 6.13. The number of nitro benzene ring substituents is 1. The van der Waals surface area contributed by atoms with E-state index in [-0.39, 0.29) is 5.69 Å². The van der Waals surface area contributed by atoms with Crippen molar-refractivity contribution in [2.75, 3.05) is 11.9 Å². The molecule has 1 aliphatic carbocycles. The van der Waals surface area contributed by atoms with Gasteiger partial charge in [0.1, 0.15) is 5.69 Å². The fourth-order valence-electron chi connectivity index (χ4n) is 2.38. The second-order valence-corrected chi connectivity index (χ2v) is 4.63. The quantitative estimate of drug-likeness (QED) is 0.653. The zero-order chi connectivity index (χ0) is 13.0. The molecule has 0 aromatic heterocycles.